The van der Waals surface area contributed by atoms with E-state index in [0.717, 1.165) is 23.0 Å². The van der Waals surface area contributed by atoms with Crippen LogP contribution in [0.5, 0.6) is 0 Å². The first-order chi connectivity index (χ1) is 10.5. The number of carbonyl (C=O) groups is 2. The van der Waals surface area contributed by atoms with Gasteiger partial charge in [-0.3, -0.25) is 4.79 Å². The summed E-state index contributed by atoms with van der Waals surface area (Å²) >= 11 is 3.28. The van der Waals surface area contributed by atoms with Crippen LogP contribution in [0.4, 0.5) is 0 Å². The molecule has 0 radical (unpaired) electrons. The molecule has 0 spiro atoms. The molecule has 1 aliphatic carbocycles. The van der Waals surface area contributed by atoms with E-state index in [0.29, 0.717) is 11.5 Å². The minimum absolute atomic E-state index is 0.0326. The maximum Gasteiger partial charge on any atom is 0.330 e. The molecule has 114 valence electrons. The van der Waals surface area contributed by atoms with Crippen molar-refractivity contribution >= 4 is 27.8 Å². The molecule has 0 aliphatic heterocycles. The van der Waals surface area contributed by atoms with Crippen molar-refractivity contribution in [1.29, 1.82) is 0 Å². The summed E-state index contributed by atoms with van der Waals surface area (Å²) in [4.78, 5) is 23.5. The molecule has 1 atom stereocenters. The van der Waals surface area contributed by atoms with E-state index in [4.69, 9.17) is 4.52 Å². The first-order valence-corrected chi connectivity index (χ1v) is 7.59. The molecule has 2 N–H and O–H groups in total. The Bertz CT molecular complexity index is 707. The Morgan fingerprint density at radius 3 is 2.59 bits per heavy atom. The molecule has 1 amide bonds. The third kappa shape index (κ3) is 3.19. The minimum Gasteiger partial charge on any atom is -0.479 e. The lowest BCUT2D eigenvalue weighted by atomic mass is 10.1. The largest absolute Gasteiger partial charge is 0.479 e. The summed E-state index contributed by atoms with van der Waals surface area (Å²) in [6, 6.07) is 7.15. The van der Waals surface area contributed by atoms with E-state index < -0.39 is 17.9 Å². The average Bonchev–Trinajstić information content (AvgIpc) is 3.22. The molecule has 1 saturated carbocycles. The van der Waals surface area contributed by atoms with Crippen LogP contribution in [0.1, 0.15) is 46.6 Å². The van der Waals surface area contributed by atoms with Gasteiger partial charge in [-0.2, -0.15) is 0 Å². The Kier molecular flexibility index (Phi) is 3.98. The second-order valence-electron chi connectivity index (χ2n) is 5.19. The van der Waals surface area contributed by atoms with Gasteiger partial charge in [0.1, 0.15) is 0 Å². The van der Waals surface area contributed by atoms with Gasteiger partial charge in [-0.05, 0) is 30.5 Å². The minimum atomic E-state index is -1.14. The number of benzene rings is 1. The highest BCUT2D eigenvalue weighted by molar-refractivity contribution is 9.10. The summed E-state index contributed by atoms with van der Waals surface area (Å²) in [6.07, 6.45) is 2.09. The van der Waals surface area contributed by atoms with Gasteiger partial charge in [-0.1, -0.05) is 33.2 Å². The predicted molar refractivity (Wildman–Crippen MR) is 80.5 cm³/mol. The molecule has 3 rings (SSSR count). The highest BCUT2D eigenvalue weighted by Crippen LogP contribution is 2.39. The van der Waals surface area contributed by atoms with E-state index >= 15 is 0 Å². The van der Waals surface area contributed by atoms with Crippen molar-refractivity contribution in [2.24, 2.45) is 0 Å². The van der Waals surface area contributed by atoms with Gasteiger partial charge in [0.2, 0.25) is 5.76 Å². The van der Waals surface area contributed by atoms with Gasteiger partial charge >= 0.3 is 5.97 Å². The van der Waals surface area contributed by atoms with Gasteiger partial charge in [0.05, 0.1) is 5.69 Å². The van der Waals surface area contributed by atoms with Crippen LogP contribution in [0.15, 0.2) is 39.3 Å². The molecular formula is C15H13BrN2O4. The highest BCUT2D eigenvalue weighted by atomic mass is 79.9. The van der Waals surface area contributed by atoms with Gasteiger partial charge in [0, 0.05) is 16.5 Å². The summed E-state index contributed by atoms with van der Waals surface area (Å²) in [5.74, 6) is -1.33. The summed E-state index contributed by atoms with van der Waals surface area (Å²) in [7, 11) is 0. The Hall–Kier alpha value is -2.15. The van der Waals surface area contributed by atoms with Gasteiger partial charge in [-0.25, -0.2) is 4.79 Å². The molecule has 1 heterocycles. The molecule has 1 aliphatic rings. The lowest BCUT2D eigenvalue weighted by Gasteiger charge is -2.13. The van der Waals surface area contributed by atoms with Crippen molar-refractivity contribution in [3.8, 4) is 0 Å². The monoisotopic (exact) mass is 364 g/mol. The fraction of sp³-hybridized carbons (Fsp3) is 0.267. The van der Waals surface area contributed by atoms with Crippen LogP contribution in [0.2, 0.25) is 0 Å². The summed E-state index contributed by atoms with van der Waals surface area (Å²) < 4.78 is 5.83. The number of carboxylic acid groups (broad SMARTS) is 1. The third-order valence-corrected chi connectivity index (χ3v) is 4.00. The van der Waals surface area contributed by atoms with E-state index in [-0.39, 0.29) is 5.76 Å². The Labute approximate surface area is 134 Å². The van der Waals surface area contributed by atoms with E-state index in [1.165, 1.54) is 0 Å². The molecule has 1 aromatic heterocycles. The Morgan fingerprint density at radius 2 is 2.00 bits per heavy atom. The zero-order chi connectivity index (χ0) is 15.7. The normalized spacial score (nSPS) is 15.3. The second-order valence-corrected chi connectivity index (χ2v) is 6.10. The molecule has 0 saturated heterocycles. The second kappa shape index (κ2) is 5.92. The number of aromatic nitrogens is 1. The highest BCUT2D eigenvalue weighted by Gasteiger charge is 2.29. The first kappa shape index (κ1) is 14.8. The number of rotatable bonds is 5. The van der Waals surface area contributed by atoms with Crippen molar-refractivity contribution in [3.63, 3.8) is 0 Å². The summed E-state index contributed by atoms with van der Waals surface area (Å²) in [5.41, 5.74) is 1.23. The lowest BCUT2D eigenvalue weighted by Crippen LogP contribution is -2.33. The number of hydrogen-bond acceptors (Lipinski definition) is 4. The maximum absolute atomic E-state index is 12.1. The molecule has 2 aromatic rings. The first-order valence-electron chi connectivity index (χ1n) is 6.80. The fourth-order valence-electron chi connectivity index (χ4n) is 2.11. The lowest BCUT2D eigenvalue weighted by molar-refractivity contribution is -0.139. The zero-order valence-electron chi connectivity index (χ0n) is 11.5. The van der Waals surface area contributed by atoms with Gasteiger partial charge in [-0.15, -0.1) is 0 Å². The van der Waals surface area contributed by atoms with Crippen molar-refractivity contribution in [2.75, 3.05) is 0 Å². The van der Waals surface area contributed by atoms with E-state index in [9.17, 15) is 14.7 Å². The predicted octanol–water partition coefficient (Wildman–Crippen LogP) is 2.87. The van der Waals surface area contributed by atoms with Crippen molar-refractivity contribution in [1.82, 2.24) is 10.5 Å². The average molecular weight is 365 g/mol. The molecule has 1 fully saturated rings. The number of aliphatic carboxylic acids is 1. The van der Waals surface area contributed by atoms with Gasteiger partial charge in [0.15, 0.2) is 6.04 Å². The molecule has 0 bridgehead atoms. The smallest absolute Gasteiger partial charge is 0.330 e. The molecular weight excluding hydrogens is 352 g/mol. The van der Waals surface area contributed by atoms with Crippen LogP contribution in [0, 0.1) is 0 Å². The summed E-state index contributed by atoms with van der Waals surface area (Å²) in [6.45, 7) is 0. The molecule has 6 nitrogen and oxygen atoms in total. The molecule has 1 unspecified atom stereocenters. The van der Waals surface area contributed by atoms with Crippen LogP contribution >= 0.6 is 15.9 Å². The Morgan fingerprint density at radius 1 is 1.32 bits per heavy atom. The number of carbonyl (C=O) groups excluding carboxylic acids is 1. The molecule has 22 heavy (non-hydrogen) atoms. The van der Waals surface area contributed by atoms with Crippen LogP contribution in [-0.4, -0.2) is 22.1 Å². The number of halogens is 1. The fourth-order valence-corrected chi connectivity index (χ4v) is 2.38. The van der Waals surface area contributed by atoms with E-state index in [1.54, 1.807) is 30.3 Å². The topological polar surface area (TPSA) is 92.4 Å². The van der Waals surface area contributed by atoms with Crippen molar-refractivity contribution in [2.45, 2.75) is 24.8 Å². The van der Waals surface area contributed by atoms with Crippen molar-refractivity contribution in [3.05, 3.63) is 51.8 Å². The van der Waals surface area contributed by atoms with Gasteiger partial charge in [0.25, 0.3) is 5.91 Å². The number of hydrogen-bond donors (Lipinski definition) is 2. The van der Waals surface area contributed by atoms with Crippen LogP contribution in [0.25, 0.3) is 0 Å². The number of nitrogens with one attached hydrogen (secondary N) is 1. The van der Waals surface area contributed by atoms with Crippen LogP contribution in [-0.2, 0) is 4.79 Å². The molecule has 1 aromatic carbocycles. The summed E-state index contributed by atoms with van der Waals surface area (Å²) in [5, 5.41) is 15.6. The van der Waals surface area contributed by atoms with E-state index in [2.05, 4.69) is 26.4 Å². The van der Waals surface area contributed by atoms with Crippen LogP contribution < -0.4 is 5.32 Å². The number of amides is 1. The molecule has 7 heteroatoms. The SMILES string of the molecule is O=C(NC(C(=O)O)c1ccc(Br)cc1)c1cc(C2CC2)no1. The number of nitrogens with zero attached hydrogens (tertiary/aromatic N) is 1. The Balaban J connectivity index is 1.76. The quantitative estimate of drug-likeness (QED) is 0.850. The number of carboxylic acids is 1. The van der Waals surface area contributed by atoms with E-state index in [1.807, 2.05) is 0 Å². The third-order valence-electron chi connectivity index (χ3n) is 3.47. The van der Waals surface area contributed by atoms with Crippen molar-refractivity contribution < 1.29 is 19.2 Å². The van der Waals surface area contributed by atoms with Crippen LogP contribution in [0.3, 0.4) is 0 Å². The van der Waals surface area contributed by atoms with Gasteiger partial charge < -0.3 is 14.9 Å². The zero-order valence-corrected chi connectivity index (χ0v) is 13.0. The standard InChI is InChI=1S/C15H13BrN2O4/c16-10-5-3-9(4-6-10)13(15(20)21)17-14(19)12-7-11(18-22-12)8-1-2-8/h3-8,13H,1-2H2,(H,17,19)(H,20,21). The maximum atomic E-state index is 12.1.